The summed E-state index contributed by atoms with van der Waals surface area (Å²) in [5, 5.41) is 0. The predicted molar refractivity (Wildman–Crippen MR) is 67.2 cm³/mol. The van der Waals surface area contributed by atoms with Gasteiger partial charge in [-0.2, -0.15) is 0 Å². The van der Waals surface area contributed by atoms with Gasteiger partial charge < -0.3 is 9.47 Å². The molecule has 0 spiro atoms. The van der Waals surface area contributed by atoms with Gasteiger partial charge in [-0.05, 0) is 25.0 Å². The second-order valence-corrected chi connectivity index (χ2v) is 5.87. The van der Waals surface area contributed by atoms with Gasteiger partial charge in [0.25, 0.3) is 0 Å². The Kier molecular flexibility index (Phi) is 4.21. The number of rotatable bonds is 4. The van der Waals surface area contributed by atoms with E-state index in [0.29, 0.717) is 19.0 Å². The van der Waals surface area contributed by atoms with Gasteiger partial charge >= 0.3 is 0 Å². The lowest BCUT2D eigenvalue weighted by Gasteiger charge is -2.23. The predicted octanol–water partition coefficient (Wildman–Crippen LogP) is 1.15. The second kappa shape index (κ2) is 5.69. The molecular weight excluding hydrogens is 254 g/mol. The molecule has 2 rings (SSSR count). The van der Waals surface area contributed by atoms with Gasteiger partial charge in [0.2, 0.25) is 10.0 Å². The van der Waals surface area contributed by atoms with Crippen molar-refractivity contribution >= 4 is 10.0 Å². The SMILES string of the molecule is COc1ccccc1S(=O)(=O)N[C@@H]1CCCOC1. The summed E-state index contributed by atoms with van der Waals surface area (Å²) in [6.45, 7) is 1.13. The molecule has 6 heteroatoms. The van der Waals surface area contributed by atoms with Crippen molar-refractivity contribution in [2.75, 3.05) is 20.3 Å². The van der Waals surface area contributed by atoms with Crippen LogP contribution in [0.4, 0.5) is 0 Å². The van der Waals surface area contributed by atoms with Crippen molar-refractivity contribution in [1.29, 1.82) is 0 Å². The summed E-state index contributed by atoms with van der Waals surface area (Å²) in [6.07, 6.45) is 1.67. The van der Waals surface area contributed by atoms with Crippen LogP contribution in [0.1, 0.15) is 12.8 Å². The number of methoxy groups -OCH3 is 1. The van der Waals surface area contributed by atoms with Crippen LogP contribution in [-0.4, -0.2) is 34.8 Å². The fraction of sp³-hybridized carbons (Fsp3) is 0.500. The van der Waals surface area contributed by atoms with E-state index >= 15 is 0 Å². The average molecular weight is 271 g/mol. The van der Waals surface area contributed by atoms with Gasteiger partial charge in [0.05, 0.1) is 13.7 Å². The highest BCUT2D eigenvalue weighted by Crippen LogP contribution is 2.23. The van der Waals surface area contributed by atoms with Crippen molar-refractivity contribution in [3.05, 3.63) is 24.3 Å². The van der Waals surface area contributed by atoms with Gasteiger partial charge in [0, 0.05) is 12.6 Å². The van der Waals surface area contributed by atoms with Crippen molar-refractivity contribution in [2.45, 2.75) is 23.8 Å². The minimum absolute atomic E-state index is 0.159. The van der Waals surface area contributed by atoms with Crippen LogP contribution >= 0.6 is 0 Å². The third-order valence-electron chi connectivity index (χ3n) is 2.84. The molecule has 1 saturated heterocycles. The molecule has 1 N–H and O–H groups in total. The molecule has 1 aliphatic heterocycles. The van der Waals surface area contributed by atoms with Crippen LogP contribution in [0.3, 0.4) is 0 Å². The number of ether oxygens (including phenoxy) is 2. The zero-order chi connectivity index (χ0) is 13.0. The molecule has 100 valence electrons. The average Bonchev–Trinajstić information content (AvgIpc) is 2.39. The first-order valence-electron chi connectivity index (χ1n) is 5.86. The normalized spacial score (nSPS) is 20.6. The Labute approximate surface area is 107 Å². The molecule has 1 aromatic rings. The lowest BCUT2D eigenvalue weighted by molar-refractivity contribution is 0.0774. The zero-order valence-corrected chi connectivity index (χ0v) is 11.1. The highest BCUT2D eigenvalue weighted by atomic mass is 32.2. The molecule has 0 bridgehead atoms. The van der Waals surface area contributed by atoms with Crippen LogP contribution in [-0.2, 0) is 14.8 Å². The summed E-state index contributed by atoms with van der Waals surface area (Å²) in [5.41, 5.74) is 0. The minimum Gasteiger partial charge on any atom is -0.495 e. The quantitative estimate of drug-likeness (QED) is 0.892. The van der Waals surface area contributed by atoms with Crippen molar-refractivity contribution < 1.29 is 17.9 Å². The van der Waals surface area contributed by atoms with Crippen molar-refractivity contribution in [2.24, 2.45) is 0 Å². The lowest BCUT2D eigenvalue weighted by atomic mass is 10.1. The molecule has 1 atom stereocenters. The van der Waals surface area contributed by atoms with Gasteiger partial charge in [0.15, 0.2) is 0 Å². The number of benzene rings is 1. The second-order valence-electron chi connectivity index (χ2n) is 4.19. The fourth-order valence-corrected chi connectivity index (χ4v) is 3.38. The van der Waals surface area contributed by atoms with E-state index < -0.39 is 10.0 Å². The maximum absolute atomic E-state index is 12.2. The molecule has 1 aromatic carbocycles. The molecule has 18 heavy (non-hydrogen) atoms. The van der Waals surface area contributed by atoms with Crippen LogP contribution in [0.2, 0.25) is 0 Å². The number of para-hydroxylation sites is 1. The molecule has 0 saturated carbocycles. The molecule has 0 amide bonds. The Morgan fingerprint density at radius 1 is 1.39 bits per heavy atom. The van der Waals surface area contributed by atoms with Crippen LogP contribution in [0, 0.1) is 0 Å². The molecule has 0 aromatic heterocycles. The summed E-state index contributed by atoms with van der Waals surface area (Å²) >= 11 is 0. The number of sulfonamides is 1. The van der Waals surface area contributed by atoms with E-state index in [4.69, 9.17) is 9.47 Å². The summed E-state index contributed by atoms with van der Waals surface area (Å²) in [7, 11) is -2.10. The Balaban J connectivity index is 2.19. The van der Waals surface area contributed by atoms with E-state index in [0.717, 1.165) is 12.8 Å². The van der Waals surface area contributed by atoms with E-state index in [9.17, 15) is 8.42 Å². The van der Waals surface area contributed by atoms with Crippen LogP contribution in [0.15, 0.2) is 29.2 Å². The molecular formula is C12H17NO4S. The van der Waals surface area contributed by atoms with E-state index in [2.05, 4.69) is 4.72 Å². The first-order chi connectivity index (χ1) is 8.63. The maximum atomic E-state index is 12.2. The van der Waals surface area contributed by atoms with E-state index in [1.165, 1.54) is 13.2 Å². The van der Waals surface area contributed by atoms with Crippen LogP contribution < -0.4 is 9.46 Å². The number of hydrogen-bond acceptors (Lipinski definition) is 4. The first-order valence-corrected chi connectivity index (χ1v) is 7.35. The Hall–Kier alpha value is -1.11. The standard InChI is InChI=1S/C12H17NO4S/c1-16-11-6-2-3-7-12(11)18(14,15)13-10-5-4-8-17-9-10/h2-3,6-7,10,13H,4-5,8-9H2,1H3/t10-/m1/s1. The summed E-state index contributed by atoms with van der Waals surface area (Å²) in [6, 6.07) is 6.42. The van der Waals surface area contributed by atoms with Crippen molar-refractivity contribution in [3.8, 4) is 5.75 Å². The van der Waals surface area contributed by atoms with E-state index in [-0.39, 0.29) is 10.9 Å². The highest BCUT2D eigenvalue weighted by molar-refractivity contribution is 7.89. The van der Waals surface area contributed by atoms with Gasteiger partial charge in [-0.3, -0.25) is 0 Å². The van der Waals surface area contributed by atoms with Gasteiger partial charge in [-0.1, -0.05) is 12.1 Å². The maximum Gasteiger partial charge on any atom is 0.244 e. The molecule has 1 fully saturated rings. The fourth-order valence-electron chi connectivity index (χ4n) is 1.96. The first kappa shape index (κ1) is 13.3. The summed E-state index contributed by atoms with van der Waals surface area (Å²) in [4.78, 5) is 0.165. The van der Waals surface area contributed by atoms with Crippen LogP contribution in [0.5, 0.6) is 5.75 Å². The number of nitrogens with one attached hydrogen (secondary N) is 1. The third-order valence-corrected chi connectivity index (χ3v) is 4.40. The summed E-state index contributed by atoms with van der Waals surface area (Å²) < 4.78 is 37.5. The molecule has 1 heterocycles. The van der Waals surface area contributed by atoms with Gasteiger partial charge in [-0.25, -0.2) is 13.1 Å². The Morgan fingerprint density at radius 2 is 2.17 bits per heavy atom. The van der Waals surface area contributed by atoms with E-state index in [1.54, 1.807) is 18.2 Å². The van der Waals surface area contributed by atoms with Crippen LogP contribution in [0.25, 0.3) is 0 Å². The number of hydrogen-bond donors (Lipinski definition) is 1. The van der Waals surface area contributed by atoms with Crippen molar-refractivity contribution in [3.63, 3.8) is 0 Å². The van der Waals surface area contributed by atoms with Crippen molar-refractivity contribution in [1.82, 2.24) is 4.72 Å². The largest absolute Gasteiger partial charge is 0.495 e. The monoisotopic (exact) mass is 271 g/mol. The Morgan fingerprint density at radius 3 is 2.83 bits per heavy atom. The molecule has 1 aliphatic rings. The lowest BCUT2D eigenvalue weighted by Crippen LogP contribution is -2.40. The topological polar surface area (TPSA) is 64.6 Å². The van der Waals surface area contributed by atoms with Gasteiger partial charge in [-0.15, -0.1) is 0 Å². The minimum atomic E-state index is -3.56. The third kappa shape index (κ3) is 3.01. The smallest absolute Gasteiger partial charge is 0.244 e. The summed E-state index contributed by atoms with van der Waals surface area (Å²) in [5.74, 6) is 0.349. The Bertz CT molecular complexity index is 495. The zero-order valence-electron chi connectivity index (χ0n) is 10.3. The molecule has 0 unspecified atom stereocenters. The highest BCUT2D eigenvalue weighted by Gasteiger charge is 2.24. The molecule has 0 radical (unpaired) electrons. The molecule has 0 aliphatic carbocycles. The van der Waals surface area contributed by atoms with Gasteiger partial charge in [0.1, 0.15) is 10.6 Å². The molecule has 5 nitrogen and oxygen atoms in total. The van der Waals surface area contributed by atoms with E-state index in [1.807, 2.05) is 0 Å².